The molecule has 3 atom stereocenters. The summed E-state index contributed by atoms with van der Waals surface area (Å²) in [5.74, 6) is -0.268. The zero-order valence-electron chi connectivity index (χ0n) is 23.3. The van der Waals surface area contributed by atoms with E-state index in [-0.39, 0.29) is 28.2 Å². The fourth-order valence-electron chi connectivity index (χ4n) is 6.59. The van der Waals surface area contributed by atoms with Crippen molar-refractivity contribution < 1.29 is 17.9 Å². The van der Waals surface area contributed by atoms with Gasteiger partial charge in [0.2, 0.25) is 0 Å². The summed E-state index contributed by atoms with van der Waals surface area (Å²) < 4.78 is 44.9. The van der Waals surface area contributed by atoms with Gasteiger partial charge >= 0.3 is 0 Å². The van der Waals surface area contributed by atoms with Gasteiger partial charge in [0.1, 0.15) is 5.82 Å². The molecule has 2 aromatic heterocycles. The summed E-state index contributed by atoms with van der Waals surface area (Å²) in [4.78, 5) is 13.4. The number of anilines is 1. The Balaban J connectivity index is 1.11. The number of rotatable bonds is 6. The third-order valence-corrected chi connectivity index (χ3v) is 12.2. The van der Waals surface area contributed by atoms with Crippen LogP contribution in [0, 0.1) is 5.82 Å². The summed E-state index contributed by atoms with van der Waals surface area (Å²) in [6.07, 6.45) is 6.16. The number of aliphatic hydroxyl groups excluding tert-OH is 1. The van der Waals surface area contributed by atoms with Crippen molar-refractivity contribution in [1.29, 1.82) is 0 Å². The number of aromatic nitrogens is 3. The minimum atomic E-state index is -3.71. The van der Waals surface area contributed by atoms with Crippen LogP contribution in [-0.4, -0.2) is 82.1 Å². The number of fused-ring (bicyclic) bond motifs is 2. The van der Waals surface area contributed by atoms with Crippen LogP contribution in [0.3, 0.4) is 0 Å². The summed E-state index contributed by atoms with van der Waals surface area (Å²) in [6, 6.07) is 12.8. The van der Waals surface area contributed by atoms with E-state index in [1.165, 1.54) is 29.7 Å². The highest BCUT2D eigenvalue weighted by atomic mass is 32.2. The number of hydrogen-bond acceptors (Lipinski definition) is 8. The lowest BCUT2D eigenvalue weighted by Crippen LogP contribution is -2.50. The molecule has 0 amide bonds. The summed E-state index contributed by atoms with van der Waals surface area (Å²) in [7, 11) is -3.71. The minimum absolute atomic E-state index is 0.0540. The minimum Gasteiger partial charge on any atom is -0.392 e. The van der Waals surface area contributed by atoms with Crippen molar-refractivity contribution in [1.82, 2.24) is 23.7 Å². The highest BCUT2D eigenvalue weighted by molar-refractivity contribution is 7.91. The van der Waals surface area contributed by atoms with E-state index in [1.807, 2.05) is 18.3 Å². The Bertz CT molecular complexity index is 1710. The second-order valence-electron chi connectivity index (χ2n) is 11.4. The molecule has 0 saturated carbocycles. The first-order valence-corrected chi connectivity index (χ1v) is 16.5. The fraction of sp³-hybridized carbons (Fsp3) is 0.400. The number of aliphatic hydroxyl groups is 1. The zero-order chi connectivity index (χ0) is 29.0. The molecule has 220 valence electrons. The first-order chi connectivity index (χ1) is 20.3. The topological polar surface area (TPSA) is 94.8 Å². The van der Waals surface area contributed by atoms with Gasteiger partial charge in [0.25, 0.3) is 10.0 Å². The average Bonchev–Trinajstić information content (AvgIpc) is 3.76. The first kappa shape index (κ1) is 27.7. The van der Waals surface area contributed by atoms with Gasteiger partial charge in [-0.15, -0.1) is 0 Å². The SMILES string of the molecule is CC(c1ccc(F)cc1)n1cncc1-c1cccc2c1CCN(S(=O)(=O)c1cnc(N3CCN4CC(O)CC4C3)s1)C2. The van der Waals surface area contributed by atoms with Crippen molar-refractivity contribution in [3.8, 4) is 11.3 Å². The molecule has 0 radical (unpaired) electrons. The molecule has 7 rings (SSSR count). The quantitative estimate of drug-likeness (QED) is 0.356. The highest BCUT2D eigenvalue weighted by Crippen LogP contribution is 2.36. The summed E-state index contributed by atoms with van der Waals surface area (Å²) in [6.45, 7) is 5.80. The summed E-state index contributed by atoms with van der Waals surface area (Å²) in [5, 5.41) is 10.8. The maximum atomic E-state index is 13.8. The Morgan fingerprint density at radius 1 is 1.07 bits per heavy atom. The largest absolute Gasteiger partial charge is 0.392 e. The number of nitrogens with zero attached hydrogens (tertiary/aromatic N) is 6. The van der Waals surface area contributed by atoms with Gasteiger partial charge in [-0.25, -0.2) is 22.8 Å². The van der Waals surface area contributed by atoms with Gasteiger partial charge in [0.15, 0.2) is 9.34 Å². The van der Waals surface area contributed by atoms with Gasteiger partial charge in [-0.3, -0.25) is 4.90 Å². The van der Waals surface area contributed by atoms with Crippen molar-refractivity contribution in [2.75, 3.05) is 37.6 Å². The molecule has 9 nitrogen and oxygen atoms in total. The van der Waals surface area contributed by atoms with E-state index in [2.05, 4.69) is 37.3 Å². The Morgan fingerprint density at radius 2 is 1.90 bits per heavy atom. The van der Waals surface area contributed by atoms with E-state index in [0.29, 0.717) is 26.1 Å². The number of benzene rings is 2. The predicted octanol–water partition coefficient (Wildman–Crippen LogP) is 3.76. The van der Waals surface area contributed by atoms with Crippen molar-refractivity contribution in [2.24, 2.45) is 0 Å². The van der Waals surface area contributed by atoms with Crippen LogP contribution in [0.1, 0.15) is 36.1 Å². The van der Waals surface area contributed by atoms with E-state index < -0.39 is 10.0 Å². The molecule has 3 unspecified atom stereocenters. The molecule has 3 aliphatic rings. The molecule has 2 aromatic carbocycles. The fourth-order valence-corrected chi connectivity index (χ4v) is 9.31. The summed E-state index contributed by atoms with van der Waals surface area (Å²) in [5.41, 5.74) is 5.06. The third kappa shape index (κ3) is 4.94. The first-order valence-electron chi connectivity index (χ1n) is 14.3. The standard InChI is InChI=1S/C30H33FN6O3S2/c1-20(21-5-7-23(31)8-6-21)37-19-32-14-28(37)27-4-2-3-22-16-36(10-9-26(22)27)42(39,40)29-15-33-30(41-29)35-12-11-34-18-25(38)13-24(34)17-35/h2-8,14-15,19-20,24-25,38H,9-13,16-18H2,1H3. The molecule has 0 bridgehead atoms. The van der Waals surface area contributed by atoms with Gasteiger partial charge in [-0.1, -0.05) is 41.7 Å². The molecule has 1 N–H and O–H groups in total. The van der Waals surface area contributed by atoms with Crippen LogP contribution in [0.5, 0.6) is 0 Å². The molecular weight excluding hydrogens is 576 g/mol. The number of halogens is 1. The lowest BCUT2D eigenvalue weighted by molar-refractivity contribution is 0.173. The van der Waals surface area contributed by atoms with E-state index in [0.717, 1.165) is 59.1 Å². The highest BCUT2D eigenvalue weighted by Gasteiger charge is 2.37. The molecule has 12 heteroatoms. The molecular formula is C30H33FN6O3S2. The van der Waals surface area contributed by atoms with E-state index in [9.17, 15) is 17.9 Å². The van der Waals surface area contributed by atoms with Crippen molar-refractivity contribution in [2.45, 2.75) is 48.7 Å². The second-order valence-corrected chi connectivity index (χ2v) is 14.6. The van der Waals surface area contributed by atoms with Crippen LogP contribution >= 0.6 is 11.3 Å². The summed E-state index contributed by atoms with van der Waals surface area (Å²) >= 11 is 1.23. The number of piperazine rings is 1. The number of sulfonamides is 1. The zero-order valence-corrected chi connectivity index (χ0v) is 24.9. The monoisotopic (exact) mass is 608 g/mol. The molecule has 2 fully saturated rings. The Kier molecular flexibility index (Phi) is 7.14. The van der Waals surface area contributed by atoms with E-state index >= 15 is 0 Å². The molecule has 3 aliphatic heterocycles. The maximum absolute atomic E-state index is 13.8. The molecule has 0 spiro atoms. The Morgan fingerprint density at radius 3 is 2.74 bits per heavy atom. The maximum Gasteiger partial charge on any atom is 0.254 e. The number of imidazole rings is 1. The van der Waals surface area contributed by atoms with E-state index in [4.69, 9.17) is 0 Å². The molecule has 5 heterocycles. The van der Waals surface area contributed by atoms with Crippen molar-refractivity contribution in [3.63, 3.8) is 0 Å². The van der Waals surface area contributed by atoms with E-state index in [1.54, 1.807) is 22.8 Å². The molecule has 2 saturated heterocycles. The smallest absolute Gasteiger partial charge is 0.254 e. The second kappa shape index (κ2) is 10.8. The van der Waals surface area contributed by atoms with Crippen LogP contribution in [0.25, 0.3) is 11.3 Å². The average molecular weight is 609 g/mol. The number of thiazole rings is 1. The predicted molar refractivity (Wildman–Crippen MR) is 159 cm³/mol. The normalized spacial score (nSPS) is 22.2. The number of hydrogen-bond donors (Lipinski definition) is 1. The van der Waals surface area contributed by atoms with Crippen LogP contribution in [0.4, 0.5) is 9.52 Å². The van der Waals surface area contributed by atoms with Crippen LogP contribution < -0.4 is 4.90 Å². The van der Waals surface area contributed by atoms with Gasteiger partial charge in [-0.2, -0.15) is 4.31 Å². The molecule has 0 aliphatic carbocycles. The lowest BCUT2D eigenvalue weighted by atomic mass is 9.93. The van der Waals surface area contributed by atoms with Gasteiger partial charge in [0, 0.05) is 50.9 Å². The van der Waals surface area contributed by atoms with Crippen LogP contribution in [-0.2, 0) is 23.0 Å². The molecule has 4 aromatic rings. The van der Waals surface area contributed by atoms with Gasteiger partial charge in [-0.05, 0) is 48.6 Å². The Labute approximate surface area is 248 Å². The Hall–Kier alpha value is -3.16. The van der Waals surface area contributed by atoms with Crippen molar-refractivity contribution in [3.05, 3.63) is 83.7 Å². The van der Waals surface area contributed by atoms with Crippen molar-refractivity contribution >= 4 is 26.5 Å². The third-order valence-electron chi connectivity index (χ3n) is 8.87. The van der Waals surface area contributed by atoms with Crippen LogP contribution in [0.15, 0.2) is 65.4 Å². The van der Waals surface area contributed by atoms with Crippen LogP contribution in [0.2, 0.25) is 0 Å². The molecule has 42 heavy (non-hydrogen) atoms. The van der Waals surface area contributed by atoms with Gasteiger partial charge < -0.3 is 14.6 Å². The lowest BCUT2D eigenvalue weighted by Gasteiger charge is -2.37. The van der Waals surface area contributed by atoms with Gasteiger partial charge in [0.05, 0.1) is 36.6 Å².